The van der Waals surface area contributed by atoms with E-state index in [0.717, 1.165) is 18.4 Å². The summed E-state index contributed by atoms with van der Waals surface area (Å²) in [5.41, 5.74) is 2.32. The first kappa shape index (κ1) is 20.6. The lowest BCUT2D eigenvalue weighted by Gasteiger charge is -2.29. The fourth-order valence-corrected chi connectivity index (χ4v) is 4.22. The number of aryl methyl sites for hydroxylation is 1. The Morgan fingerprint density at radius 2 is 1.79 bits per heavy atom. The van der Waals surface area contributed by atoms with Crippen LogP contribution in [0.3, 0.4) is 0 Å². The third-order valence-electron chi connectivity index (χ3n) is 5.02. The minimum Gasteiger partial charge on any atom is -0.333 e. The van der Waals surface area contributed by atoms with Crippen LogP contribution in [-0.2, 0) is 22.7 Å². The van der Waals surface area contributed by atoms with Crippen LogP contribution in [0.4, 0.5) is 0 Å². The molecule has 1 heterocycles. The SMILES string of the molecule is Cc1ccsc1CN(Cc1ccccc1)C(=O)CN(CC(C)C)C(=O)C1CC1. The molecule has 1 aliphatic carbocycles. The molecule has 150 valence electrons. The van der Waals surface area contributed by atoms with Gasteiger partial charge in [0.25, 0.3) is 0 Å². The molecular weight excluding hydrogens is 368 g/mol. The zero-order valence-electron chi connectivity index (χ0n) is 17.1. The van der Waals surface area contributed by atoms with E-state index in [1.165, 1.54) is 10.4 Å². The van der Waals surface area contributed by atoms with Crippen LogP contribution in [0.25, 0.3) is 0 Å². The Labute approximate surface area is 172 Å². The molecule has 0 saturated heterocycles. The van der Waals surface area contributed by atoms with Crippen molar-refractivity contribution in [2.75, 3.05) is 13.1 Å². The molecule has 2 amide bonds. The Kier molecular flexibility index (Phi) is 6.89. The van der Waals surface area contributed by atoms with Gasteiger partial charge in [0.15, 0.2) is 0 Å². The quantitative estimate of drug-likeness (QED) is 0.625. The highest BCUT2D eigenvalue weighted by Crippen LogP contribution is 2.31. The van der Waals surface area contributed by atoms with E-state index < -0.39 is 0 Å². The van der Waals surface area contributed by atoms with Crippen molar-refractivity contribution in [3.8, 4) is 0 Å². The van der Waals surface area contributed by atoms with Crippen LogP contribution in [0.2, 0.25) is 0 Å². The van der Waals surface area contributed by atoms with Crippen molar-refractivity contribution in [3.05, 3.63) is 57.8 Å². The van der Waals surface area contributed by atoms with Crippen molar-refractivity contribution in [1.82, 2.24) is 9.80 Å². The Morgan fingerprint density at radius 3 is 2.36 bits per heavy atom. The number of rotatable bonds is 9. The summed E-state index contributed by atoms with van der Waals surface area (Å²) in [6, 6.07) is 12.2. The van der Waals surface area contributed by atoms with E-state index in [-0.39, 0.29) is 24.3 Å². The Morgan fingerprint density at radius 1 is 1.07 bits per heavy atom. The Bertz CT molecular complexity index is 796. The van der Waals surface area contributed by atoms with E-state index in [1.807, 2.05) is 35.2 Å². The number of carbonyl (C=O) groups is 2. The second-order valence-corrected chi connectivity index (χ2v) is 9.15. The van der Waals surface area contributed by atoms with Crippen LogP contribution in [0.15, 0.2) is 41.8 Å². The summed E-state index contributed by atoms with van der Waals surface area (Å²) in [6.07, 6.45) is 1.92. The lowest BCUT2D eigenvalue weighted by atomic mass is 10.1. The topological polar surface area (TPSA) is 40.6 Å². The van der Waals surface area contributed by atoms with Crippen molar-refractivity contribution in [2.45, 2.75) is 46.7 Å². The smallest absolute Gasteiger partial charge is 0.242 e. The van der Waals surface area contributed by atoms with Gasteiger partial charge >= 0.3 is 0 Å². The van der Waals surface area contributed by atoms with Crippen LogP contribution in [0.5, 0.6) is 0 Å². The number of hydrogen-bond donors (Lipinski definition) is 0. The van der Waals surface area contributed by atoms with Gasteiger partial charge in [-0.1, -0.05) is 44.2 Å². The van der Waals surface area contributed by atoms with E-state index in [4.69, 9.17) is 0 Å². The molecule has 1 saturated carbocycles. The van der Waals surface area contributed by atoms with Crippen LogP contribution in [-0.4, -0.2) is 34.7 Å². The fraction of sp³-hybridized carbons (Fsp3) is 0.478. The standard InChI is InChI=1S/C23H30N2O2S/c1-17(2)13-25(23(27)20-9-10-20)16-22(26)24(14-19-7-5-4-6-8-19)15-21-18(3)11-12-28-21/h4-8,11-12,17,20H,9-10,13-16H2,1-3H3. The molecule has 5 heteroatoms. The van der Waals surface area contributed by atoms with E-state index in [9.17, 15) is 9.59 Å². The van der Waals surface area contributed by atoms with E-state index in [0.29, 0.717) is 25.6 Å². The van der Waals surface area contributed by atoms with Crippen LogP contribution >= 0.6 is 11.3 Å². The van der Waals surface area contributed by atoms with Crippen molar-refractivity contribution in [3.63, 3.8) is 0 Å². The van der Waals surface area contributed by atoms with Crippen LogP contribution in [0, 0.1) is 18.8 Å². The first-order valence-corrected chi connectivity index (χ1v) is 11.0. The number of carbonyl (C=O) groups excluding carboxylic acids is 2. The summed E-state index contributed by atoms with van der Waals surface area (Å²) in [7, 11) is 0. The summed E-state index contributed by atoms with van der Waals surface area (Å²) < 4.78 is 0. The van der Waals surface area contributed by atoms with E-state index >= 15 is 0 Å². The van der Waals surface area contributed by atoms with E-state index in [2.05, 4.69) is 32.2 Å². The molecule has 0 atom stereocenters. The summed E-state index contributed by atoms with van der Waals surface area (Å²) in [4.78, 5) is 30.8. The average Bonchev–Trinajstić information content (AvgIpc) is 3.44. The van der Waals surface area contributed by atoms with Gasteiger partial charge in [0, 0.05) is 23.9 Å². The molecule has 1 aromatic carbocycles. The van der Waals surface area contributed by atoms with Crippen molar-refractivity contribution >= 4 is 23.2 Å². The van der Waals surface area contributed by atoms with Gasteiger partial charge in [0.05, 0.1) is 13.1 Å². The molecule has 0 N–H and O–H groups in total. The number of nitrogens with zero attached hydrogens (tertiary/aromatic N) is 2. The Balaban J connectivity index is 1.75. The zero-order valence-corrected chi connectivity index (χ0v) is 17.9. The summed E-state index contributed by atoms with van der Waals surface area (Å²) in [5, 5.41) is 2.07. The molecule has 2 aromatic rings. The summed E-state index contributed by atoms with van der Waals surface area (Å²) in [6.45, 7) is 8.22. The predicted molar refractivity (Wildman–Crippen MR) is 114 cm³/mol. The minimum atomic E-state index is 0.0197. The first-order chi connectivity index (χ1) is 13.4. The number of hydrogen-bond acceptors (Lipinski definition) is 3. The second kappa shape index (κ2) is 9.37. The highest BCUT2D eigenvalue weighted by Gasteiger charge is 2.35. The Hall–Kier alpha value is -2.14. The van der Waals surface area contributed by atoms with Crippen molar-refractivity contribution < 1.29 is 9.59 Å². The molecule has 1 aliphatic rings. The maximum absolute atomic E-state index is 13.3. The molecule has 0 spiro atoms. The molecule has 3 rings (SSSR count). The maximum atomic E-state index is 13.3. The van der Waals surface area contributed by atoms with Gasteiger partial charge in [0.1, 0.15) is 0 Å². The third kappa shape index (κ3) is 5.68. The predicted octanol–water partition coefficient (Wildman–Crippen LogP) is 4.48. The molecule has 0 bridgehead atoms. The molecule has 0 unspecified atom stereocenters. The molecule has 0 radical (unpaired) electrons. The van der Waals surface area contributed by atoms with Gasteiger partial charge in [-0.25, -0.2) is 0 Å². The van der Waals surface area contributed by atoms with Gasteiger partial charge in [0.2, 0.25) is 11.8 Å². The molecule has 28 heavy (non-hydrogen) atoms. The average molecular weight is 399 g/mol. The number of benzene rings is 1. The molecular formula is C23H30N2O2S. The molecule has 0 aliphatic heterocycles. The molecule has 4 nitrogen and oxygen atoms in total. The monoisotopic (exact) mass is 398 g/mol. The molecule has 1 aromatic heterocycles. The molecule has 1 fully saturated rings. The normalized spacial score (nSPS) is 13.6. The van der Waals surface area contributed by atoms with Crippen LogP contribution < -0.4 is 0 Å². The lowest BCUT2D eigenvalue weighted by Crippen LogP contribution is -2.44. The third-order valence-corrected chi connectivity index (χ3v) is 6.03. The number of thiophene rings is 1. The second-order valence-electron chi connectivity index (χ2n) is 8.15. The highest BCUT2D eigenvalue weighted by molar-refractivity contribution is 7.10. The minimum absolute atomic E-state index is 0.0197. The van der Waals surface area contributed by atoms with Gasteiger partial charge in [-0.2, -0.15) is 0 Å². The fourth-order valence-electron chi connectivity index (χ4n) is 3.30. The highest BCUT2D eigenvalue weighted by atomic mass is 32.1. The summed E-state index contributed by atoms with van der Waals surface area (Å²) in [5.74, 6) is 0.645. The van der Waals surface area contributed by atoms with Crippen molar-refractivity contribution in [1.29, 1.82) is 0 Å². The zero-order chi connectivity index (χ0) is 20.1. The first-order valence-electron chi connectivity index (χ1n) is 10.1. The lowest BCUT2D eigenvalue weighted by molar-refractivity contribution is -0.142. The van der Waals surface area contributed by atoms with Crippen LogP contribution in [0.1, 0.15) is 42.7 Å². The summed E-state index contributed by atoms with van der Waals surface area (Å²) >= 11 is 1.68. The number of amides is 2. The largest absolute Gasteiger partial charge is 0.333 e. The maximum Gasteiger partial charge on any atom is 0.242 e. The van der Waals surface area contributed by atoms with E-state index in [1.54, 1.807) is 16.2 Å². The van der Waals surface area contributed by atoms with Gasteiger partial charge in [-0.05, 0) is 48.3 Å². The van der Waals surface area contributed by atoms with Gasteiger partial charge in [-0.3, -0.25) is 9.59 Å². The van der Waals surface area contributed by atoms with Gasteiger partial charge in [-0.15, -0.1) is 11.3 Å². The van der Waals surface area contributed by atoms with Gasteiger partial charge < -0.3 is 9.80 Å². The van der Waals surface area contributed by atoms with Crippen molar-refractivity contribution in [2.24, 2.45) is 11.8 Å².